The summed E-state index contributed by atoms with van der Waals surface area (Å²) in [4.78, 5) is 1.27. The van der Waals surface area contributed by atoms with E-state index in [2.05, 4.69) is 49.6 Å². The van der Waals surface area contributed by atoms with Crippen LogP contribution >= 0.6 is 11.8 Å². The molecule has 25 heavy (non-hydrogen) atoms. The predicted molar refractivity (Wildman–Crippen MR) is 113 cm³/mol. The van der Waals surface area contributed by atoms with Crippen LogP contribution in [-0.2, 0) is 0 Å². The van der Waals surface area contributed by atoms with Crippen molar-refractivity contribution in [2.75, 3.05) is 12.9 Å². The van der Waals surface area contributed by atoms with Gasteiger partial charge in [0.15, 0.2) is 0 Å². The van der Waals surface area contributed by atoms with Gasteiger partial charge in [0.25, 0.3) is 0 Å². The number of unbranched alkanes of at least 4 members (excludes halogenated alkanes) is 9. The van der Waals surface area contributed by atoms with Crippen LogP contribution in [0.15, 0.2) is 41.3 Å². The number of ether oxygens (including phenoxy) is 1. The Bertz CT molecular complexity index is 608. The molecule has 2 aromatic carbocycles. The zero-order valence-electron chi connectivity index (χ0n) is 16.1. The molecule has 2 heteroatoms. The fourth-order valence-corrected chi connectivity index (χ4v) is 4.05. The first kappa shape index (κ1) is 20.2. The molecule has 0 spiro atoms. The highest BCUT2D eigenvalue weighted by molar-refractivity contribution is 7.99. The van der Waals surface area contributed by atoms with Gasteiger partial charge < -0.3 is 4.74 Å². The number of fused-ring (bicyclic) bond motifs is 1. The monoisotopic (exact) mass is 358 g/mol. The lowest BCUT2D eigenvalue weighted by Gasteiger charge is -2.12. The van der Waals surface area contributed by atoms with Crippen molar-refractivity contribution in [3.8, 4) is 5.75 Å². The van der Waals surface area contributed by atoms with E-state index in [0.717, 1.165) is 18.8 Å². The van der Waals surface area contributed by atoms with Crippen molar-refractivity contribution in [1.29, 1.82) is 0 Å². The van der Waals surface area contributed by atoms with E-state index in [1.165, 1.54) is 73.5 Å². The second kappa shape index (κ2) is 12.2. The lowest BCUT2D eigenvalue weighted by molar-refractivity contribution is 0.298. The van der Waals surface area contributed by atoms with Crippen LogP contribution in [0.2, 0.25) is 0 Å². The van der Waals surface area contributed by atoms with Crippen LogP contribution < -0.4 is 4.74 Å². The highest BCUT2D eigenvalue weighted by Crippen LogP contribution is 2.35. The summed E-state index contributed by atoms with van der Waals surface area (Å²) in [5.74, 6) is 1.04. The summed E-state index contributed by atoms with van der Waals surface area (Å²) in [5.41, 5.74) is 0. The molecule has 0 unspecified atom stereocenters. The number of rotatable bonds is 13. The molecule has 1 nitrogen and oxygen atoms in total. The SMILES string of the molecule is CCCCCCCCCCCCOc1ccc2ccccc2c1SC. The molecule has 0 fully saturated rings. The minimum atomic E-state index is 0.836. The molecule has 0 aliphatic heterocycles. The average molecular weight is 359 g/mol. The van der Waals surface area contributed by atoms with Gasteiger partial charge in [0.2, 0.25) is 0 Å². The maximum Gasteiger partial charge on any atom is 0.133 e. The zero-order valence-corrected chi connectivity index (χ0v) is 16.9. The van der Waals surface area contributed by atoms with Crippen molar-refractivity contribution in [3.63, 3.8) is 0 Å². The third-order valence-electron chi connectivity index (χ3n) is 4.80. The standard InChI is InChI=1S/C23H34OS/c1-3-4-5-6-7-8-9-10-11-14-19-24-22-18-17-20-15-12-13-16-21(20)23(22)25-2/h12-13,15-18H,3-11,14,19H2,1-2H3. The van der Waals surface area contributed by atoms with E-state index in [1.54, 1.807) is 11.8 Å². The van der Waals surface area contributed by atoms with Gasteiger partial charge in [0.1, 0.15) is 5.75 Å². The van der Waals surface area contributed by atoms with E-state index in [1.807, 2.05) is 0 Å². The van der Waals surface area contributed by atoms with Crippen LogP contribution in [-0.4, -0.2) is 12.9 Å². The number of hydrogen-bond acceptors (Lipinski definition) is 2. The third-order valence-corrected chi connectivity index (χ3v) is 5.63. The predicted octanol–water partition coefficient (Wildman–Crippen LogP) is 7.86. The largest absolute Gasteiger partial charge is 0.492 e. The fourth-order valence-electron chi connectivity index (χ4n) is 3.32. The van der Waals surface area contributed by atoms with Crippen LogP contribution in [0.5, 0.6) is 5.75 Å². The van der Waals surface area contributed by atoms with Crippen molar-refractivity contribution >= 4 is 22.5 Å². The van der Waals surface area contributed by atoms with Crippen LogP contribution in [0.1, 0.15) is 71.1 Å². The molecule has 0 aliphatic carbocycles. The second-order valence-electron chi connectivity index (χ2n) is 6.85. The Balaban J connectivity index is 1.63. The smallest absolute Gasteiger partial charge is 0.133 e. The molecule has 0 amide bonds. The molecule has 0 aromatic heterocycles. The van der Waals surface area contributed by atoms with Crippen molar-refractivity contribution < 1.29 is 4.74 Å². The van der Waals surface area contributed by atoms with Gasteiger partial charge in [-0.05, 0) is 29.5 Å². The lowest BCUT2D eigenvalue weighted by Crippen LogP contribution is -1.99. The third kappa shape index (κ3) is 6.93. The van der Waals surface area contributed by atoms with Crippen LogP contribution in [0, 0.1) is 0 Å². The molecule has 0 saturated carbocycles. The topological polar surface area (TPSA) is 9.23 Å². The highest BCUT2D eigenvalue weighted by atomic mass is 32.2. The minimum Gasteiger partial charge on any atom is -0.492 e. The van der Waals surface area contributed by atoms with E-state index >= 15 is 0 Å². The number of benzene rings is 2. The Morgan fingerprint density at radius 1 is 0.760 bits per heavy atom. The molecular weight excluding hydrogens is 324 g/mol. The Morgan fingerprint density at radius 3 is 2.08 bits per heavy atom. The molecular formula is C23H34OS. The summed E-state index contributed by atoms with van der Waals surface area (Å²) in [7, 11) is 0. The summed E-state index contributed by atoms with van der Waals surface area (Å²) in [6, 6.07) is 12.9. The minimum absolute atomic E-state index is 0.836. The molecule has 0 saturated heterocycles. The summed E-state index contributed by atoms with van der Waals surface area (Å²) >= 11 is 1.78. The van der Waals surface area contributed by atoms with Gasteiger partial charge in [0, 0.05) is 0 Å². The molecule has 2 rings (SSSR count). The van der Waals surface area contributed by atoms with Gasteiger partial charge in [0.05, 0.1) is 11.5 Å². The van der Waals surface area contributed by atoms with Crippen molar-refractivity contribution in [2.24, 2.45) is 0 Å². The van der Waals surface area contributed by atoms with E-state index in [-0.39, 0.29) is 0 Å². The summed E-state index contributed by atoms with van der Waals surface area (Å²) in [6.07, 6.45) is 15.8. The normalized spacial score (nSPS) is 11.1. The van der Waals surface area contributed by atoms with Crippen LogP contribution in [0.4, 0.5) is 0 Å². The van der Waals surface area contributed by atoms with E-state index in [4.69, 9.17) is 4.74 Å². The number of hydrogen-bond donors (Lipinski definition) is 0. The van der Waals surface area contributed by atoms with Crippen molar-refractivity contribution in [2.45, 2.75) is 76.0 Å². The fraction of sp³-hybridized carbons (Fsp3) is 0.565. The molecule has 0 atom stereocenters. The summed E-state index contributed by atoms with van der Waals surface area (Å²) in [5, 5.41) is 2.59. The Labute approximate surface area is 158 Å². The first-order valence-corrected chi connectivity index (χ1v) is 11.3. The van der Waals surface area contributed by atoms with Crippen LogP contribution in [0.3, 0.4) is 0 Å². The second-order valence-corrected chi connectivity index (χ2v) is 7.67. The summed E-state index contributed by atoms with van der Waals surface area (Å²) < 4.78 is 6.09. The Kier molecular flexibility index (Phi) is 9.88. The maximum absolute atomic E-state index is 6.09. The molecule has 138 valence electrons. The van der Waals surface area contributed by atoms with Gasteiger partial charge in [-0.3, -0.25) is 0 Å². The van der Waals surface area contributed by atoms with Gasteiger partial charge in [-0.25, -0.2) is 0 Å². The highest BCUT2D eigenvalue weighted by Gasteiger charge is 2.07. The first-order chi connectivity index (χ1) is 12.4. The molecule has 0 aliphatic rings. The quantitative estimate of drug-likeness (QED) is 0.266. The Hall–Kier alpha value is -1.15. The molecule has 2 aromatic rings. The van der Waals surface area contributed by atoms with Gasteiger partial charge in [-0.2, -0.15) is 0 Å². The number of thioether (sulfide) groups is 1. The zero-order chi connectivity index (χ0) is 17.7. The molecule has 0 N–H and O–H groups in total. The van der Waals surface area contributed by atoms with Gasteiger partial charge in [-0.1, -0.05) is 95.0 Å². The van der Waals surface area contributed by atoms with Gasteiger partial charge >= 0.3 is 0 Å². The van der Waals surface area contributed by atoms with E-state index in [9.17, 15) is 0 Å². The average Bonchev–Trinajstić information content (AvgIpc) is 2.65. The summed E-state index contributed by atoms with van der Waals surface area (Å²) in [6.45, 7) is 3.12. The molecule has 0 radical (unpaired) electrons. The van der Waals surface area contributed by atoms with Crippen molar-refractivity contribution in [3.05, 3.63) is 36.4 Å². The van der Waals surface area contributed by atoms with E-state index < -0.39 is 0 Å². The lowest BCUT2D eigenvalue weighted by atomic mass is 10.1. The molecule has 0 bridgehead atoms. The van der Waals surface area contributed by atoms with Crippen molar-refractivity contribution in [1.82, 2.24) is 0 Å². The Morgan fingerprint density at radius 2 is 1.40 bits per heavy atom. The van der Waals surface area contributed by atoms with Crippen LogP contribution in [0.25, 0.3) is 10.8 Å². The van der Waals surface area contributed by atoms with Gasteiger partial charge in [-0.15, -0.1) is 11.8 Å². The first-order valence-electron chi connectivity index (χ1n) is 10.1. The van der Waals surface area contributed by atoms with E-state index in [0.29, 0.717) is 0 Å². The maximum atomic E-state index is 6.09. The molecule has 0 heterocycles.